The van der Waals surface area contributed by atoms with Crippen molar-refractivity contribution in [1.82, 2.24) is 9.97 Å². The van der Waals surface area contributed by atoms with Crippen LogP contribution in [0.3, 0.4) is 0 Å². The quantitative estimate of drug-likeness (QED) is 0.623. The van der Waals surface area contributed by atoms with Crippen LogP contribution in [-0.4, -0.2) is 9.97 Å². The standard InChI is InChI=1S/C13H8BrClN2S/c14-10-5-8-3-1-2-4-11(8)17-12(10)13-16-9(6-15)7-18-13/h1-5,7H,6H2. The van der Waals surface area contributed by atoms with Crippen molar-refractivity contribution in [2.75, 3.05) is 0 Å². The molecule has 0 N–H and O–H groups in total. The number of alkyl halides is 1. The summed E-state index contributed by atoms with van der Waals surface area (Å²) >= 11 is 10.9. The molecule has 0 spiro atoms. The SMILES string of the molecule is ClCc1csc(-c2nc3ccccc3cc2Br)n1. The summed E-state index contributed by atoms with van der Waals surface area (Å²) in [5.74, 6) is 0.432. The fourth-order valence-electron chi connectivity index (χ4n) is 1.72. The van der Waals surface area contributed by atoms with Crippen LogP contribution in [-0.2, 0) is 5.88 Å². The third-order valence-electron chi connectivity index (χ3n) is 2.57. The Balaban J connectivity index is 2.19. The van der Waals surface area contributed by atoms with E-state index in [9.17, 15) is 0 Å². The molecule has 5 heteroatoms. The van der Waals surface area contributed by atoms with Crippen LogP contribution in [0.15, 0.2) is 40.2 Å². The van der Waals surface area contributed by atoms with Crippen LogP contribution in [0.1, 0.15) is 5.69 Å². The number of fused-ring (bicyclic) bond motifs is 1. The number of hydrogen-bond donors (Lipinski definition) is 0. The van der Waals surface area contributed by atoms with Crippen molar-refractivity contribution in [2.24, 2.45) is 0 Å². The van der Waals surface area contributed by atoms with Gasteiger partial charge in [0.1, 0.15) is 10.7 Å². The fourth-order valence-corrected chi connectivity index (χ4v) is 3.42. The van der Waals surface area contributed by atoms with Gasteiger partial charge in [0.2, 0.25) is 0 Å². The minimum Gasteiger partial charge on any atom is -0.244 e. The summed E-state index contributed by atoms with van der Waals surface area (Å²) in [5, 5.41) is 3.97. The molecule has 3 aromatic rings. The van der Waals surface area contributed by atoms with E-state index < -0.39 is 0 Å². The molecule has 0 fully saturated rings. The van der Waals surface area contributed by atoms with Crippen molar-refractivity contribution in [1.29, 1.82) is 0 Å². The number of thiazole rings is 1. The van der Waals surface area contributed by atoms with E-state index in [4.69, 9.17) is 11.6 Å². The largest absolute Gasteiger partial charge is 0.244 e. The minimum atomic E-state index is 0.432. The topological polar surface area (TPSA) is 25.8 Å². The summed E-state index contributed by atoms with van der Waals surface area (Å²) in [5.41, 5.74) is 2.73. The summed E-state index contributed by atoms with van der Waals surface area (Å²) in [6.07, 6.45) is 0. The predicted octanol–water partition coefficient (Wildman–Crippen LogP) is 4.86. The van der Waals surface area contributed by atoms with Gasteiger partial charge in [-0.1, -0.05) is 18.2 Å². The molecule has 2 heterocycles. The normalized spacial score (nSPS) is 11.0. The number of rotatable bonds is 2. The first-order valence-corrected chi connectivity index (χ1v) is 7.54. The van der Waals surface area contributed by atoms with E-state index in [-0.39, 0.29) is 0 Å². The zero-order valence-electron chi connectivity index (χ0n) is 9.23. The second-order valence-corrected chi connectivity index (χ2v) is 5.77. The lowest BCUT2D eigenvalue weighted by Gasteiger charge is -2.03. The van der Waals surface area contributed by atoms with E-state index in [1.165, 1.54) is 0 Å². The van der Waals surface area contributed by atoms with Gasteiger partial charge < -0.3 is 0 Å². The maximum atomic E-state index is 5.77. The molecule has 0 radical (unpaired) electrons. The van der Waals surface area contributed by atoms with Crippen molar-refractivity contribution in [3.05, 3.63) is 45.9 Å². The molecular weight excluding hydrogens is 332 g/mol. The van der Waals surface area contributed by atoms with E-state index in [1.807, 2.05) is 29.6 Å². The van der Waals surface area contributed by atoms with Crippen LogP contribution in [0.4, 0.5) is 0 Å². The van der Waals surface area contributed by atoms with E-state index >= 15 is 0 Å². The first-order chi connectivity index (χ1) is 8.78. The molecular formula is C13H8BrClN2S. The minimum absolute atomic E-state index is 0.432. The second-order valence-electron chi connectivity index (χ2n) is 3.79. The molecule has 2 nitrogen and oxygen atoms in total. The van der Waals surface area contributed by atoms with Gasteiger partial charge in [-0.3, -0.25) is 0 Å². The molecule has 18 heavy (non-hydrogen) atoms. The van der Waals surface area contributed by atoms with E-state index in [1.54, 1.807) is 11.3 Å². The van der Waals surface area contributed by atoms with Crippen molar-refractivity contribution < 1.29 is 0 Å². The summed E-state index contributed by atoms with van der Waals surface area (Å²) in [4.78, 5) is 9.11. The molecule has 90 valence electrons. The van der Waals surface area contributed by atoms with Crippen LogP contribution >= 0.6 is 38.9 Å². The first-order valence-electron chi connectivity index (χ1n) is 5.34. The molecule has 0 saturated heterocycles. The van der Waals surface area contributed by atoms with Gasteiger partial charge in [0.05, 0.1) is 17.1 Å². The number of benzene rings is 1. The Kier molecular flexibility index (Phi) is 3.33. The number of aromatic nitrogens is 2. The monoisotopic (exact) mass is 338 g/mol. The van der Waals surface area contributed by atoms with Crippen molar-refractivity contribution in [3.8, 4) is 10.7 Å². The van der Waals surface area contributed by atoms with Crippen LogP contribution in [0.25, 0.3) is 21.6 Å². The zero-order valence-corrected chi connectivity index (χ0v) is 12.4. The number of para-hydroxylation sites is 1. The molecule has 0 aliphatic carbocycles. The van der Waals surface area contributed by atoms with Gasteiger partial charge in [-0.2, -0.15) is 0 Å². The number of halogens is 2. The van der Waals surface area contributed by atoms with Gasteiger partial charge >= 0.3 is 0 Å². The fraction of sp³-hybridized carbons (Fsp3) is 0.0769. The highest BCUT2D eigenvalue weighted by Gasteiger charge is 2.11. The second kappa shape index (κ2) is 4.96. The highest BCUT2D eigenvalue weighted by atomic mass is 79.9. The molecule has 2 aromatic heterocycles. The Morgan fingerprint density at radius 3 is 2.83 bits per heavy atom. The molecule has 3 rings (SSSR count). The molecule has 0 aliphatic heterocycles. The van der Waals surface area contributed by atoms with Crippen LogP contribution in [0.5, 0.6) is 0 Å². The Hall–Kier alpha value is -0.970. The third kappa shape index (κ3) is 2.16. The third-order valence-corrected chi connectivity index (χ3v) is 4.34. The summed E-state index contributed by atoms with van der Waals surface area (Å²) < 4.78 is 0.955. The number of hydrogen-bond acceptors (Lipinski definition) is 3. The number of nitrogens with zero attached hydrogens (tertiary/aromatic N) is 2. The molecule has 1 aromatic carbocycles. The summed E-state index contributed by atoms with van der Waals surface area (Å²) in [6.45, 7) is 0. The van der Waals surface area contributed by atoms with E-state index in [0.29, 0.717) is 5.88 Å². The summed E-state index contributed by atoms with van der Waals surface area (Å²) in [6, 6.07) is 10.1. The van der Waals surface area contributed by atoms with Crippen LogP contribution in [0.2, 0.25) is 0 Å². The highest BCUT2D eigenvalue weighted by Crippen LogP contribution is 2.31. The van der Waals surface area contributed by atoms with Gasteiger partial charge in [0.15, 0.2) is 0 Å². The Labute approximate surface area is 122 Å². The zero-order chi connectivity index (χ0) is 12.5. The van der Waals surface area contributed by atoms with Crippen LogP contribution < -0.4 is 0 Å². The molecule has 0 aliphatic rings. The average Bonchev–Trinajstić information content (AvgIpc) is 2.86. The smallest absolute Gasteiger partial charge is 0.143 e. The maximum absolute atomic E-state index is 5.77. The van der Waals surface area contributed by atoms with Crippen LogP contribution in [0, 0.1) is 0 Å². The molecule has 0 amide bonds. The first kappa shape index (κ1) is 12.1. The van der Waals surface area contributed by atoms with E-state index in [2.05, 4.69) is 32.0 Å². The average molecular weight is 340 g/mol. The molecule has 0 bridgehead atoms. The molecule has 0 saturated carbocycles. The lowest BCUT2D eigenvalue weighted by molar-refractivity contribution is 1.21. The summed E-state index contributed by atoms with van der Waals surface area (Å²) in [7, 11) is 0. The van der Waals surface area contributed by atoms with Gasteiger partial charge in [-0.05, 0) is 28.1 Å². The Morgan fingerprint density at radius 2 is 2.06 bits per heavy atom. The molecule has 0 atom stereocenters. The maximum Gasteiger partial charge on any atom is 0.143 e. The predicted molar refractivity (Wildman–Crippen MR) is 80.1 cm³/mol. The van der Waals surface area contributed by atoms with E-state index in [0.717, 1.165) is 31.8 Å². The number of pyridine rings is 1. The van der Waals surface area contributed by atoms with Crippen molar-refractivity contribution in [2.45, 2.75) is 5.88 Å². The molecule has 0 unspecified atom stereocenters. The Bertz CT molecular complexity index is 711. The van der Waals surface area contributed by atoms with Gasteiger partial charge in [0, 0.05) is 15.2 Å². The van der Waals surface area contributed by atoms with Gasteiger partial charge in [-0.25, -0.2) is 9.97 Å². The highest BCUT2D eigenvalue weighted by molar-refractivity contribution is 9.10. The lowest BCUT2D eigenvalue weighted by atomic mass is 10.2. The lowest BCUT2D eigenvalue weighted by Crippen LogP contribution is -1.87. The Morgan fingerprint density at radius 1 is 1.22 bits per heavy atom. The van der Waals surface area contributed by atoms with Crippen molar-refractivity contribution in [3.63, 3.8) is 0 Å². The van der Waals surface area contributed by atoms with Gasteiger partial charge in [-0.15, -0.1) is 22.9 Å². The van der Waals surface area contributed by atoms with Crippen molar-refractivity contribution >= 4 is 49.8 Å². The van der Waals surface area contributed by atoms with Gasteiger partial charge in [0.25, 0.3) is 0 Å².